The topological polar surface area (TPSA) is 65.0 Å². The third kappa shape index (κ3) is 5.55. The first-order chi connectivity index (χ1) is 10.9. The van der Waals surface area contributed by atoms with E-state index in [4.69, 9.17) is 4.74 Å². The molecule has 23 heavy (non-hydrogen) atoms. The minimum absolute atomic E-state index is 0.283. The van der Waals surface area contributed by atoms with Gasteiger partial charge in [-0.15, -0.1) is 0 Å². The second kappa shape index (κ2) is 7.84. The van der Waals surface area contributed by atoms with Gasteiger partial charge in [-0.05, 0) is 26.3 Å². The minimum Gasteiger partial charge on any atom is -0.591 e. The van der Waals surface area contributed by atoms with Crippen LogP contribution < -0.4 is 0 Å². The first-order valence-corrected chi connectivity index (χ1v) is 8.91. The van der Waals surface area contributed by atoms with Crippen molar-refractivity contribution in [2.75, 3.05) is 13.1 Å². The molecule has 2 rings (SSSR count). The van der Waals surface area contributed by atoms with Gasteiger partial charge < -0.3 is 14.2 Å². The Morgan fingerprint density at radius 2 is 1.87 bits per heavy atom. The van der Waals surface area contributed by atoms with Crippen molar-refractivity contribution in [3.8, 4) is 0 Å². The molecular formula is C17H24N2O3S. The number of carbonyl (C=O) groups is 1. The highest BCUT2D eigenvalue weighted by Crippen LogP contribution is 2.19. The lowest BCUT2D eigenvalue weighted by molar-refractivity contribution is 0.0961. The summed E-state index contributed by atoms with van der Waals surface area (Å²) in [5.41, 5.74) is 1.89. The van der Waals surface area contributed by atoms with Crippen molar-refractivity contribution in [3.63, 3.8) is 0 Å². The predicted octanol–water partition coefficient (Wildman–Crippen LogP) is 3.32. The fourth-order valence-corrected chi connectivity index (χ4v) is 2.79. The Morgan fingerprint density at radius 3 is 2.43 bits per heavy atom. The summed E-state index contributed by atoms with van der Waals surface area (Å²) >= 11 is -1.23. The Kier molecular flexibility index (Phi) is 6.07. The minimum atomic E-state index is -1.23. The third-order valence-corrected chi connectivity index (χ3v) is 5.01. The molecule has 6 heteroatoms. The molecule has 0 aliphatic carbocycles. The van der Waals surface area contributed by atoms with Crippen LogP contribution in [0.1, 0.15) is 39.2 Å². The van der Waals surface area contributed by atoms with Crippen molar-refractivity contribution >= 4 is 23.2 Å². The highest BCUT2D eigenvalue weighted by molar-refractivity contribution is 7.91. The lowest BCUT2D eigenvalue weighted by Crippen LogP contribution is -2.39. The van der Waals surface area contributed by atoms with Crippen LogP contribution in [0, 0.1) is 0 Å². The Balaban J connectivity index is 1.80. The second-order valence-corrected chi connectivity index (χ2v) is 8.45. The first kappa shape index (κ1) is 17.8. The van der Waals surface area contributed by atoms with Gasteiger partial charge in [0.15, 0.2) is 0 Å². The average Bonchev–Trinajstić information content (AvgIpc) is 2.53. The quantitative estimate of drug-likeness (QED) is 0.795. The summed E-state index contributed by atoms with van der Waals surface area (Å²) in [6.45, 7) is 7.13. The Labute approximate surface area is 141 Å². The highest BCUT2D eigenvalue weighted by atomic mass is 32.2. The van der Waals surface area contributed by atoms with Gasteiger partial charge in [0.2, 0.25) is 0 Å². The molecule has 1 heterocycles. The standard InChI is InChI=1S/C17H24N2O3S/c1-17(2,3)23(21)18-15-9-11-19(12-10-15)16(20)22-13-14-7-5-4-6-8-14/h4-8H,9-13H2,1-3H3. The van der Waals surface area contributed by atoms with Crippen molar-refractivity contribution in [2.24, 2.45) is 4.40 Å². The monoisotopic (exact) mass is 336 g/mol. The number of piperidine rings is 1. The molecule has 1 aliphatic rings. The summed E-state index contributed by atoms with van der Waals surface area (Å²) in [5, 5.41) is 0. The summed E-state index contributed by atoms with van der Waals surface area (Å²) in [4.78, 5) is 13.7. The average molecular weight is 336 g/mol. The molecule has 1 aromatic carbocycles. The molecule has 1 aromatic rings. The van der Waals surface area contributed by atoms with Crippen LogP contribution in [0.2, 0.25) is 0 Å². The van der Waals surface area contributed by atoms with Crippen LogP contribution in [0.3, 0.4) is 0 Å². The number of amides is 1. The van der Waals surface area contributed by atoms with Crippen LogP contribution in [0.25, 0.3) is 0 Å². The number of carbonyl (C=O) groups excluding carboxylic acids is 1. The summed E-state index contributed by atoms with van der Waals surface area (Å²) in [7, 11) is 0. The maximum absolute atomic E-state index is 12.1. The summed E-state index contributed by atoms with van der Waals surface area (Å²) in [5.74, 6) is 0. The van der Waals surface area contributed by atoms with Gasteiger partial charge in [0, 0.05) is 25.9 Å². The third-order valence-electron chi connectivity index (χ3n) is 3.54. The Hall–Kier alpha value is -1.53. The molecule has 0 radical (unpaired) electrons. The van der Waals surface area contributed by atoms with Crippen molar-refractivity contribution in [1.29, 1.82) is 0 Å². The van der Waals surface area contributed by atoms with Crippen LogP contribution in [0.5, 0.6) is 0 Å². The van der Waals surface area contributed by atoms with E-state index in [0.717, 1.165) is 11.3 Å². The zero-order valence-electron chi connectivity index (χ0n) is 13.9. The lowest BCUT2D eigenvalue weighted by atomic mass is 10.1. The van der Waals surface area contributed by atoms with E-state index in [1.54, 1.807) is 4.90 Å². The molecule has 1 atom stereocenters. The summed E-state index contributed by atoms with van der Waals surface area (Å²) in [6.07, 6.45) is 1.01. The van der Waals surface area contributed by atoms with E-state index in [1.165, 1.54) is 0 Å². The van der Waals surface area contributed by atoms with Crippen LogP contribution in [-0.2, 0) is 22.7 Å². The molecule has 0 aromatic heterocycles. The number of rotatable bonds is 3. The van der Waals surface area contributed by atoms with Crippen LogP contribution in [-0.4, -0.2) is 39.1 Å². The van der Waals surface area contributed by atoms with E-state index in [9.17, 15) is 9.35 Å². The fourth-order valence-electron chi connectivity index (χ4n) is 2.10. The predicted molar refractivity (Wildman–Crippen MR) is 92.8 cm³/mol. The second-order valence-electron chi connectivity index (χ2n) is 6.55. The molecule has 0 bridgehead atoms. The smallest absolute Gasteiger partial charge is 0.410 e. The van der Waals surface area contributed by atoms with Crippen molar-refractivity contribution < 1.29 is 14.1 Å². The zero-order valence-corrected chi connectivity index (χ0v) is 14.8. The number of likely N-dealkylation sites (tertiary alicyclic amines) is 1. The van der Waals surface area contributed by atoms with Gasteiger partial charge in [-0.2, -0.15) is 0 Å². The van der Waals surface area contributed by atoms with E-state index in [2.05, 4.69) is 4.40 Å². The number of benzene rings is 1. The molecule has 1 unspecified atom stereocenters. The SMILES string of the molecule is CC(C)(C)[S+]([O-])N=C1CCN(C(=O)OCc2ccccc2)CC1. The van der Waals surface area contributed by atoms with E-state index in [-0.39, 0.29) is 17.4 Å². The molecule has 1 aliphatic heterocycles. The molecule has 1 fully saturated rings. The zero-order chi connectivity index (χ0) is 16.9. The van der Waals surface area contributed by atoms with Crippen LogP contribution in [0.4, 0.5) is 4.79 Å². The Morgan fingerprint density at radius 1 is 1.26 bits per heavy atom. The van der Waals surface area contributed by atoms with Gasteiger partial charge in [-0.25, -0.2) is 4.79 Å². The van der Waals surface area contributed by atoms with Gasteiger partial charge in [0.05, 0.1) is 5.71 Å². The van der Waals surface area contributed by atoms with Gasteiger partial charge in [0.1, 0.15) is 22.7 Å². The van der Waals surface area contributed by atoms with Crippen molar-refractivity contribution in [2.45, 2.75) is 45.0 Å². The number of hydrogen-bond donors (Lipinski definition) is 0. The van der Waals surface area contributed by atoms with E-state index in [1.807, 2.05) is 51.1 Å². The molecule has 1 saturated heterocycles. The molecule has 5 nitrogen and oxygen atoms in total. The van der Waals surface area contributed by atoms with E-state index in [0.29, 0.717) is 25.9 Å². The lowest BCUT2D eigenvalue weighted by Gasteiger charge is -2.27. The highest BCUT2D eigenvalue weighted by Gasteiger charge is 2.29. The number of ether oxygens (including phenoxy) is 1. The molecule has 1 amide bonds. The fraction of sp³-hybridized carbons (Fsp3) is 0.529. The van der Waals surface area contributed by atoms with Gasteiger partial charge in [-0.3, -0.25) is 0 Å². The Bertz CT molecular complexity index is 545. The summed E-state index contributed by atoms with van der Waals surface area (Å²) < 4.78 is 21.3. The van der Waals surface area contributed by atoms with Crippen molar-refractivity contribution in [3.05, 3.63) is 35.9 Å². The van der Waals surface area contributed by atoms with Crippen molar-refractivity contribution in [1.82, 2.24) is 4.90 Å². The first-order valence-electron chi connectivity index (χ1n) is 7.80. The number of nitrogens with zero attached hydrogens (tertiary/aromatic N) is 2. The normalized spacial score (nSPS) is 16.9. The molecule has 0 saturated carbocycles. The molecule has 0 spiro atoms. The van der Waals surface area contributed by atoms with Crippen LogP contribution in [0.15, 0.2) is 34.7 Å². The largest absolute Gasteiger partial charge is 0.591 e. The van der Waals surface area contributed by atoms with Gasteiger partial charge in [-0.1, -0.05) is 34.7 Å². The van der Waals surface area contributed by atoms with E-state index < -0.39 is 11.4 Å². The molecule has 126 valence electrons. The van der Waals surface area contributed by atoms with Gasteiger partial charge >= 0.3 is 6.09 Å². The van der Waals surface area contributed by atoms with E-state index >= 15 is 0 Å². The molecule has 0 N–H and O–H groups in total. The number of hydrogen-bond acceptors (Lipinski definition) is 4. The van der Waals surface area contributed by atoms with Gasteiger partial charge in [0.25, 0.3) is 0 Å². The molecular weight excluding hydrogens is 312 g/mol. The summed E-state index contributed by atoms with van der Waals surface area (Å²) in [6, 6.07) is 9.62. The maximum atomic E-state index is 12.1. The van der Waals surface area contributed by atoms with Crippen LogP contribution >= 0.6 is 0 Å². The maximum Gasteiger partial charge on any atom is 0.410 e.